The molecule has 2 aliphatic rings. The Kier molecular flexibility index (Phi) is 6.48. The van der Waals surface area contributed by atoms with Crippen LogP contribution in [0.15, 0.2) is 53.4 Å². The summed E-state index contributed by atoms with van der Waals surface area (Å²) < 4.78 is 29.4. The van der Waals surface area contributed by atoms with Gasteiger partial charge in [0, 0.05) is 37.7 Å². The largest absolute Gasteiger partial charge is 0.339 e. The number of benzene rings is 2. The number of fused-ring (bicyclic) bond motifs is 1. The summed E-state index contributed by atoms with van der Waals surface area (Å²) in [7, 11) is -3.62. The second kappa shape index (κ2) is 9.40. The standard InChI is InChI=1S/C26H31N3O3S2/c1-18-14-19(2)17-29(16-18)34(31,32)22-7-5-6-21(15-22)26(30)28-12-10-20(11-13-28)25-27-23-8-3-4-9-24(23)33-25/h3-9,15,18-20H,10-14,16-17H2,1-2H3/t18-,19-/m1/s1. The molecule has 3 aromatic rings. The van der Waals surface area contributed by atoms with E-state index in [1.165, 1.54) is 4.70 Å². The minimum Gasteiger partial charge on any atom is -0.339 e. The molecule has 2 atom stereocenters. The minimum atomic E-state index is -3.62. The van der Waals surface area contributed by atoms with E-state index >= 15 is 0 Å². The fourth-order valence-electron chi connectivity index (χ4n) is 5.32. The molecule has 0 N–H and O–H groups in total. The second-order valence-electron chi connectivity index (χ2n) is 9.88. The van der Waals surface area contributed by atoms with Gasteiger partial charge in [0.1, 0.15) is 0 Å². The van der Waals surface area contributed by atoms with Gasteiger partial charge in [0.05, 0.1) is 20.1 Å². The minimum absolute atomic E-state index is 0.0971. The Labute approximate surface area is 205 Å². The first kappa shape index (κ1) is 23.5. The van der Waals surface area contributed by atoms with Gasteiger partial charge in [-0.25, -0.2) is 13.4 Å². The zero-order valence-electron chi connectivity index (χ0n) is 19.7. The Morgan fingerprint density at radius 2 is 1.71 bits per heavy atom. The molecule has 6 nitrogen and oxygen atoms in total. The summed E-state index contributed by atoms with van der Waals surface area (Å²) in [4.78, 5) is 20.1. The zero-order chi connectivity index (χ0) is 23.9. The molecule has 34 heavy (non-hydrogen) atoms. The molecule has 0 bridgehead atoms. The van der Waals surface area contributed by atoms with Gasteiger partial charge in [-0.05, 0) is 61.4 Å². The van der Waals surface area contributed by atoms with Crippen molar-refractivity contribution >= 4 is 37.5 Å². The lowest BCUT2D eigenvalue weighted by Gasteiger charge is -2.34. The molecule has 8 heteroatoms. The molecule has 0 unspecified atom stereocenters. The van der Waals surface area contributed by atoms with E-state index in [2.05, 4.69) is 19.9 Å². The van der Waals surface area contributed by atoms with Gasteiger partial charge in [-0.1, -0.05) is 32.0 Å². The van der Waals surface area contributed by atoms with Gasteiger partial charge >= 0.3 is 0 Å². The predicted octanol–water partition coefficient (Wildman–Crippen LogP) is 4.98. The van der Waals surface area contributed by atoms with Crippen molar-refractivity contribution in [2.45, 2.75) is 43.9 Å². The molecule has 2 aliphatic heterocycles. The van der Waals surface area contributed by atoms with Crippen molar-refractivity contribution < 1.29 is 13.2 Å². The van der Waals surface area contributed by atoms with Crippen molar-refractivity contribution in [1.82, 2.24) is 14.2 Å². The highest BCUT2D eigenvalue weighted by molar-refractivity contribution is 7.89. The summed E-state index contributed by atoms with van der Waals surface area (Å²) in [5.74, 6) is 0.927. The molecule has 2 fully saturated rings. The Morgan fingerprint density at radius 3 is 2.41 bits per heavy atom. The van der Waals surface area contributed by atoms with Gasteiger partial charge in [-0.2, -0.15) is 4.31 Å². The number of aromatic nitrogens is 1. The number of para-hydroxylation sites is 1. The molecule has 2 aromatic carbocycles. The third-order valence-electron chi connectivity index (χ3n) is 7.00. The van der Waals surface area contributed by atoms with Gasteiger partial charge < -0.3 is 4.90 Å². The van der Waals surface area contributed by atoms with Crippen molar-refractivity contribution in [3.05, 3.63) is 59.1 Å². The molecule has 180 valence electrons. The van der Waals surface area contributed by atoms with Gasteiger partial charge in [0.25, 0.3) is 5.91 Å². The maximum absolute atomic E-state index is 13.3. The number of carbonyl (C=O) groups excluding carboxylic acids is 1. The van der Waals surface area contributed by atoms with Crippen LogP contribution in [0.1, 0.15) is 54.4 Å². The van der Waals surface area contributed by atoms with E-state index in [1.54, 1.807) is 39.9 Å². The maximum atomic E-state index is 13.3. The van der Waals surface area contributed by atoms with Crippen LogP contribution < -0.4 is 0 Å². The number of hydrogen-bond acceptors (Lipinski definition) is 5. The van der Waals surface area contributed by atoms with E-state index in [9.17, 15) is 13.2 Å². The van der Waals surface area contributed by atoms with Crippen LogP contribution in [0.2, 0.25) is 0 Å². The smallest absolute Gasteiger partial charge is 0.253 e. The van der Waals surface area contributed by atoms with E-state index < -0.39 is 10.0 Å². The quantitative estimate of drug-likeness (QED) is 0.510. The number of sulfonamides is 1. The van der Waals surface area contributed by atoms with Crippen molar-refractivity contribution in [2.75, 3.05) is 26.2 Å². The molecule has 0 spiro atoms. The molecule has 0 aliphatic carbocycles. The third-order valence-corrected chi connectivity index (χ3v) is 10.0. The first-order valence-corrected chi connectivity index (χ1v) is 14.3. The third kappa shape index (κ3) is 4.63. The zero-order valence-corrected chi connectivity index (χ0v) is 21.3. The Bertz CT molecular complexity index is 1250. The van der Waals surface area contributed by atoms with Crippen LogP contribution in [0.5, 0.6) is 0 Å². The summed E-state index contributed by atoms with van der Waals surface area (Å²) in [6.45, 7) is 6.55. The van der Waals surface area contributed by atoms with Crippen LogP contribution in [-0.2, 0) is 10.0 Å². The highest BCUT2D eigenvalue weighted by Gasteiger charge is 2.32. The highest BCUT2D eigenvalue weighted by atomic mass is 32.2. The van der Waals surface area contributed by atoms with Crippen molar-refractivity contribution in [1.29, 1.82) is 0 Å². The average Bonchev–Trinajstić information content (AvgIpc) is 3.27. The number of likely N-dealkylation sites (tertiary alicyclic amines) is 1. The monoisotopic (exact) mass is 497 g/mol. The lowest BCUT2D eigenvalue weighted by atomic mass is 9.94. The van der Waals surface area contributed by atoms with E-state index in [0.717, 1.165) is 29.8 Å². The lowest BCUT2D eigenvalue weighted by Crippen LogP contribution is -2.42. The van der Waals surface area contributed by atoms with Crippen LogP contribution in [0.4, 0.5) is 0 Å². The maximum Gasteiger partial charge on any atom is 0.253 e. The fourth-order valence-corrected chi connectivity index (χ4v) is 8.18. The number of rotatable bonds is 4. The van der Waals surface area contributed by atoms with E-state index in [4.69, 9.17) is 4.98 Å². The number of nitrogens with zero attached hydrogens (tertiary/aromatic N) is 3. The van der Waals surface area contributed by atoms with Gasteiger partial charge in [-0.3, -0.25) is 4.79 Å². The fraction of sp³-hybridized carbons (Fsp3) is 0.462. The van der Waals surface area contributed by atoms with Crippen LogP contribution in [0.3, 0.4) is 0 Å². The molecule has 1 aromatic heterocycles. The Hall–Kier alpha value is -2.29. The molecule has 0 radical (unpaired) electrons. The number of carbonyl (C=O) groups is 1. The van der Waals surface area contributed by atoms with Crippen molar-refractivity contribution in [3.63, 3.8) is 0 Å². The summed E-state index contributed by atoms with van der Waals surface area (Å²) in [6.07, 6.45) is 2.78. The molecule has 0 saturated carbocycles. The van der Waals surface area contributed by atoms with Crippen LogP contribution >= 0.6 is 11.3 Å². The van der Waals surface area contributed by atoms with E-state index in [0.29, 0.717) is 49.5 Å². The first-order chi connectivity index (χ1) is 16.3. The van der Waals surface area contributed by atoms with Gasteiger partial charge in [0.15, 0.2) is 0 Å². The summed E-state index contributed by atoms with van der Waals surface area (Å²) in [5, 5.41) is 1.14. The van der Waals surface area contributed by atoms with Crippen LogP contribution in [0, 0.1) is 11.8 Å². The second-order valence-corrected chi connectivity index (χ2v) is 12.9. The average molecular weight is 498 g/mol. The molecule has 5 rings (SSSR count). The number of thiazole rings is 1. The topological polar surface area (TPSA) is 70.6 Å². The molecular formula is C26H31N3O3S2. The number of hydrogen-bond donors (Lipinski definition) is 0. The number of piperidine rings is 2. The summed E-state index contributed by atoms with van der Waals surface area (Å²) in [5.41, 5.74) is 1.48. The summed E-state index contributed by atoms with van der Waals surface area (Å²) in [6, 6.07) is 14.8. The van der Waals surface area contributed by atoms with E-state index in [1.807, 2.05) is 23.1 Å². The Balaban J connectivity index is 1.28. The molecular weight excluding hydrogens is 466 g/mol. The van der Waals surface area contributed by atoms with E-state index in [-0.39, 0.29) is 10.8 Å². The van der Waals surface area contributed by atoms with Gasteiger partial charge in [0.2, 0.25) is 10.0 Å². The van der Waals surface area contributed by atoms with Crippen molar-refractivity contribution in [2.24, 2.45) is 11.8 Å². The SMILES string of the molecule is C[C@@H]1C[C@@H](C)CN(S(=O)(=O)c2cccc(C(=O)N3CCC(c4nc5ccccc5s4)CC3)c2)C1. The first-order valence-electron chi connectivity index (χ1n) is 12.1. The van der Waals surface area contributed by atoms with Crippen molar-refractivity contribution in [3.8, 4) is 0 Å². The summed E-state index contributed by atoms with van der Waals surface area (Å²) >= 11 is 1.74. The molecule has 1 amide bonds. The predicted molar refractivity (Wildman–Crippen MR) is 136 cm³/mol. The Morgan fingerprint density at radius 1 is 1.00 bits per heavy atom. The molecule has 3 heterocycles. The molecule has 2 saturated heterocycles. The number of amides is 1. The van der Waals surface area contributed by atoms with Crippen LogP contribution in [0.25, 0.3) is 10.2 Å². The van der Waals surface area contributed by atoms with Crippen LogP contribution in [-0.4, -0.2) is 54.7 Å². The van der Waals surface area contributed by atoms with Gasteiger partial charge in [-0.15, -0.1) is 11.3 Å². The highest BCUT2D eigenvalue weighted by Crippen LogP contribution is 2.34. The normalized spacial score (nSPS) is 22.8. The lowest BCUT2D eigenvalue weighted by molar-refractivity contribution is 0.0712.